The van der Waals surface area contributed by atoms with Crippen LogP contribution in [0.5, 0.6) is 0 Å². The number of urea groups is 1. The number of rotatable bonds is 4. The van der Waals surface area contributed by atoms with E-state index >= 15 is 0 Å². The molecule has 1 aromatic rings. The second-order valence-corrected chi connectivity index (χ2v) is 3.89. The summed E-state index contributed by atoms with van der Waals surface area (Å²) in [6, 6.07) is 7.79. The van der Waals surface area contributed by atoms with Gasteiger partial charge in [0.15, 0.2) is 0 Å². The van der Waals surface area contributed by atoms with Crippen LogP contribution in [0.2, 0.25) is 0 Å². The van der Waals surface area contributed by atoms with Gasteiger partial charge in [0.1, 0.15) is 0 Å². The molecule has 1 atom stereocenters. The molecular formula is C12H19N3O. The molecule has 16 heavy (non-hydrogen) atoms. The van der Waals surface area contributed by atoms with Crippen LogP contribution < -0.4 is 16.0 Å². The number of hydrogen-bond donors (Lipinski definition) is 3. The van der Waals surface area contributed by atoms with Crippen LogP contribution in [0.15, 0.2) is 24.3 Å². The quantitative estimate of drug-likeness (QED) is 0.725. The molecule has 2 amide bonds. The number of carbonyl (C=O) groups is 1. The van der Waals surface area contributed by atoms with Crippen LogP contribution in [0.3, 0.4) is 0 Å². The Morgan fingerprint density at radius 1 is 1.31 bits per heavy atom. The number of likely N-dealkylation sites (N-methyl/N-ethyl adjacent to an activating group) is 1. The van der Waals surface area contributed by atoms with Gasteiger partial charge in [-0.05, 0) is 33.0 Å². The minimum atomic E-state index is -0.175. The van der Waals surface area contributed by atoms with Crippen molar-refractivity contribution in [3.63, 3.8) is 0 Å². The lowest BCUT2D eigenvalue weighted by molar-refractivity contribution is 0.251. The van der Waals surface area contributed by atoms with E-state index in [0.717, 1.165) is 5.69 Å². The molecule has 1 unspecified atom stereocenters. The zero-order valence-corrected chi connectivity index (χ0v) is 10.0. The standard InChI is InChI=1S/C12H19N3O/c1-9-4-6-11(7-5-9)15-12(16)14-8-10(2)13-3/h4-7,10,13H,8H2,1-3H3,(H2,14,15,16). The highest BCUT2D eigenvalue weighted by molar-refractivity contribution is 5.89. The first-order valence-electron chi connectivity index (χ1n) is 5.40. The molecule has 88 valence electrons. The maximum atomic E-state index is 11.5. The van der Waals surface area contributed by atoms with Crippen LogP contribution >= 0.6 is 0 Å². The summed E-state index contributed by atoms with van der Waals surface area (Å²) >= 11 is 0. The summed E-state index contributed by atoms with van der Waals surface area (Å²) in [5, 5.41) is 8.60. The van der Waals surface area contributed by atoms with Crippen LogP contribution in [0.4, 0.5) is 10.5 Å². The molecule has 0 aliphatic rings. The fraction of sp³-hybridized carbons (Fsp3) is 0.417. The monoisotopic (exact) mass is 221 g/mol. The second-order valence-electron chi connectivity index (χ2n) is 3.89. The van der Waals surface area contributed by atoms with Gasteiger partial charge in [0.25, 0.3) is 0 Å². The highest BCUT2D eigenvalue weighted by Gasteiger charge is 2.03. The summed E-state index contributed by atoms with van der Waals surface area (Å²) in [6.07, 6.45) is 0. The van der Waals surface area contributed by atoms with Gasteiger partial charge in [-0.1, -0.05) is 17.7 Å². The number of amides is 2. The molecule has 0 saturated heterocycles. The molecule has 0 spiro atoms. The van der Waals surface area contributed by atoms with Crippen molar-refractivity contribution < 1.29 is 4.79 Å². The van der Waals surface area contributed by atoms with E-state index in [4.69, 9.17) is 0 Å². The van der Waals surface area contributed by atoms with E-state index in [1.165, 1.54) is 5.56 Å². The molecule has 0 fully saturated rings. The lowest BCUT2D eigenvalue weighted by Crippen LogP contribution is -2.39. The van der Waals surface area contributed by atoms with Gasteiger partial charge in [-0.2, -0.15) is 0 Å². The van der Waals surface area contributed by atoms with Crippen molar-refractivity contribution in [2.75, 3.05) is 18.9 Å². The molecule has 0 aromatic heterocycles. The second kappa shape index (κ2) is 6.12. The summed E-state index contributed by atoms with van der Waals surface area (Å²) < 4.78 is 0. The SMILES string of the molecule is CNC(C)CNC(=O)Nc1ccc(C)cc1. The fourth-order valence-corrected chi connectivity index (χ4v) is 1.16. The summed E-state index contributed by atoms with van der Waals surface area (Å²) in [7, 11) is 1.87. The van der Waals surface area contributed by atoms with Gasteiger partial charge in [0.2, 0.25) is 0 Å². The van der Waals surface area contributed by atoms with Gasteiger partial charge >= 0.3 is 6.03 Å². The van der Waals surface area contributed by atoms with Crippen LogP contribution in [0.25, 0.3) is 0 Å². The van der Waals surface area contributed by atoms with Crippen molar-refractivity contribution in [1.29, 1.82) is 0 Å². The van der Waals surface area contributed by atoms with Crippen molar-refractivity contribution in [3.8, 4) is 0 Å². The smallest absolute Gasteiger partial charge is 0.319 e. The Bertz CT molecular complexity index is 335. The minimum Gasteiger partial charge on any atom is -0.336 e. The topological polar surface area (TPSA) is 53.2 Å². The molecule has 3 N–H and O–H groups in total. The van der Waals surface area contributed by atoms with Gasteiger partial charge in [-0.15, -0.1) is 0 Å². The van der Waals surface area contributed by atoms with E-state index in [-0.39, 0.29) is 12.1 Å². The minimum absolute atomic E-state index is 0.175. The number of hydrogen-bond acceptors (Lipinski definition) is 2. The third kappa shape index (κ3) is 4.31. The Morgan fingerprint density at radius 3 is 2.50 bits per heavy atom. The van der Waals surface area contributed by atoms with E-state index in [2.05, 4.69) is 16.0 Å². The number of anilines is 1. The molecule has 4 nitrogen and oxygen atoms in total. The van der Waals surface area contributed by atoms with Crippen molar-refractivity contribution in [2.24, 2.45) is 0 Å². The molecule has 0 radical (unpaired) electrons. The normalized spacial score (nSPS) is 11.9. The van der Waals surface area contributed by atoms with Crippen LogP contribution in [0, 0.1) is 6.92 Å². The van der Waals surface area contributed by atoms with Crippen molar-refractivity contribution >= 4 is 11.7 Å². The average Bonchev–Trinajstić information content (AvgIpc) is 2.29. The molecule has 1 rings (SSSR count). The molecule has 0 saturated carbocycles. The van der Waals surface area contributed by atoms with Crippen LogP contribution in [0.1, 0.15) is 12.5 Å². The summed E-state index contributed by atoms with van der Waals surface area (Å²) in [5.74, 6) is 0. The molecule has 0 aliphatic carbocycles. The molecule has 0 bridgehead atoms. The Hall–Kier alpha value is -1.55. The van der Waals surface area contributed by atoms with Crippen LogP contribution in [-0.2, 0) is 0 Å². The Morgan fingerprint density at radius 2 is 1.94 bits per heavy atom. The van der Waals surface area contributed by atoms with Crippen molar-refractivity contribution in [2.45, 2.75) is 19.9 Å². The summed E-state index contributed by atoms with van der Waals surface area (Å²) in [4.78, 5) is 11.5. The van der Waals surface area contributed by atoms with E-state index in [9.17, 15) is 4.79 Å². The van der Waals surface area contributed by atoms with Gasteiger partial charge in [0, 0.05) is 18.3 Å². The van der Waals surface area contributed by atoms with Gasteiger partial charge in [-0.3, -0.25) is 0 Å². The maximum absolute atomic E-state index is 11.5. The first-order chi connectivity index (χ1) is 7.61. The molecule has 0 aliphatic heterocycles. The predicted molar refractivity (Wildman–Crippen MR) is 66.7 cm³/mol. The van der Waals surface area contributed by atoms with E-state index in [0.29, 0.717) is 6.54 Å². The third-order valence-electron chi connectivity index (χ3n) is 2.37. The average molecular weight is 221 g/mol. The summed E-state index contributed by atoms with van der Waals surface area (Å²) in [5.41, 5.74) is 1.98. The zero-order valence-electron chi connectivity index (χ0n) is 10.0. The van der Waals surface area contributed by atoms with Crippen LogP contribution in [-0.4, -0.2) is 25.7 Å². The Balaban J connectivity index is 2.37. The van der Waals surface area contributed by atoms with Gasteiger partial charge in [-0.25, -0.2) is 4.79 Å². The number of carbonyl (C=O) groups excluding carboxylic acids is 1. The van der Waals surface area contributed by atoms with E-state index in [1.807, 2.05) is 45.2 Å². The highest BCUT2D eigenvalue weighted by atomic mass is 16.2. The van der Waals surface area contributed by atoms with Gasteiger partial charge < -0.3 is 16.0 Å². The van der Waals surface area contributed by atoms with E-state index in [1.54, 1.807) is 0 Å². The molecule has 0 heterocycles. The predicted octanol–water partition coefficient (Wildman–Crippen LogP) is 1.72. The largest absolute Gasteiger partial charge is 0.336 e. The van der Waals surface area contributed by atoms with Gasteiger partial charge in [0.05, 0.1) is 0 Å². The Labute approximate surface area is 96.4 Å². The summed E-state index contributed by atoms with van der Waals surface area (Å²) in [6.45, 7) is 4.62. The molecule has 4 heteroatoms. The van der Waals surface area contributed by atoms with E-state index < -0.39 is 0 Å². The lowest BCUT2D eigenvalue weighted by atomic mass is 10.2. The number of benzene rings is 1. The molecule has 1 aromatic carbocycles. The molecular weight excluding hydrogens is 202 g/mol. The fourth-order valence-electron chi connectivity index (χ4n) is 1.16. The lowest BCUT2D eigenvalue weighted by Gasteiger charge is -2.12. The van der Waals surface area contributed by atoms with Crippen molar-refractivity contribution in [1.82, 2.24) is 10.6 Å². The van der Waals surface area contributed by atoms with Crippen molar-refractivity contribution in [3.05, 3.63) is 29.8 Å². The Kier molecular flexibility index (Phi) is 4.79. The number of aryl methyl sites for hydroxylation is 1. The first kappa shape index (κ1) is 12.5. The highest BCUT2D eigenvalue weighted by Crippen LogP contribution is 2.07. The first-order valence-corrected chi connectivity index (χ1v) is 5.40. The number of nitrogens with one attached hydrogen (secondary N) is 3. The zero-order chi connectivity index (χ0) is 12.0. The maximum Gasteiger partial charge on any atom is 0.319 e. The third-order valence-corrected chi connectivity index (χ3v) is 2.37.